The maximum Gasteiger partial charge on any atom is 0.0946 e. The van der Waals surface area contributed by atoms with Gasteiger partial charge in [0.25, 0.3) is 0 Å². The van der Waals surface area contributed by atoms with Gasteiger partial charge in [-0.15, -0.1) is 0 Å². The van der Waals surface area contributed by atoms with Crippen molar-refractivity contribution in [2.75, 3.05) is 0 Å². The summed E-state index contributed by atoms with van der Waals surface area (Å²) >= 11 is 12.0. The molecule has 0 amide bonds. The number of hydrogen-bond donors (Lipinski definition) is 1. The zero-order chi connectivity index (χ0) is 13.0. The van der Waals surface area contributed by atoms with Crippen LogP contribution in [0.5, 0.6) is 0 Å². The van der Waals surface area contributed by atoms with Gasteiger partial charge in [-0.2, -0.15) is 0 Å². The van der Waals surface area contributed by atoms with E-state index in [0.29, 0.717) is 16.1 Å². The lowest BCUT2D eigenvalue weighted by Gasteiger charge is -2.15. The van der Waals surface area contributed by atoms with Crippen molar-refractivity contribution in [2.45, 2.75) is 26.1 Å². The van der Waals surface area contributed by atoms with Crippen LogP contribution in [0.15, 0.2) is 36.9 Å². The van der Waals surface area contributed by atoms with Crippen molar-refractivity contribution in [1.29, 1.82) is 0 Å². The number of nitrogens with zero attached hydrogens (tertiary/aromatic N) is 2. The second-order valence-corrected chi connectivity index (χ2v) is 5.12. The van der Waals surface area contributed by atoms with E-state index >= 15 is 0 Å². The van der Waals surface area contributed by atoms with E-state index in [2.05, 4.69) is 17.2 Å². The molecule has 1 unspecified atom stereocenters. The first-order valence-electron chi connectivity index (χ1n) is 5.78. The molecule has 96 valence electrons. The Morgan fingerprint density at radius 3 is 2.89 bits per heavy atom. The molecule has 3 nitrogen and oxygen atoms in total. The van der Waals surface area contributed by atoms with Crippen molar-refractivity contribution in [2.24, 2.45) is 0 Å². The molecule has 0 aliphatic carbocycles. The highest BCUT2D eigenvalue weighted by molar-refractivity contribution is 6.35. The zero-order valence-corrected chi connectivity index (χ0v) is 11.6. The van der Waals surface area contributed by atoms with Gasteiger partial charge < -0.3 is 9.88 Å². The molecule has 1 atom stereocenters. The van der Waals surface area contributed by atoms with Gasteiger partial charge in [-0.25, -0.2) is 4.98 Å². The zero-order valence-electron chi connectivity index (χ0n) is 10.1. The number of imidazole rings is 1. The smallest absolute Gasteiger partial charge is 0.0946 e. The second kappa shape index (κ2) is 6.23. The van der Waals surface area contributed by atoms with E-state index in [1.54, 1.807) is 12.3 Å². The maximum absolute atomic E-state index is 6.12. The summed E-state index contributed by atoms with van der Waals surface area (Å²) in [6, 6.07) is 5.90. The largest absolute Gasteiger partial charge is 0.336 e. The van der Waals surface area contributed by atoms with Crippen LogP contribution in [0.1, 0.15) is 12.5 Å². The van der Waals surface area contributed by atoms with Crippen LogP contribution in [0.25, 0.3) is 0 Å². The molecule has 1 aromatic heterocycles. The third-order valence-electron chi connectivity index (χ3n) is 2.70. The molecule has 0 saturated heterocycles. The van der Waals surface area contributed by atoms with Crippen LogP contribution < -0.4 is 5.32 Å². The highest BCUT2D eigenvalue weighted by Gasteiger charge is 2.05. The molecule has 5 heteroatoms. The van der Waals surface area contributed by atoms with Crippen molar-refractivity contribution in [1.82, 2.24) is 14.9 Å². The number of halogens is 2. The highest BCUT2D eigenvalue weighted by atomic mass is 35.5. The summed E-state index contributed by atoms with van der Waals surface area (Å²) in [7, 11) is 0. The predicted molar refractivity (Wildman–Crippen MR) is 75.0 cm³/mol. The Morgan fingerprint density at radius 2 is 2.22 bits per heavy atom. The molecule has 0 bridgehead atoms. The summed E-state index contributed by atoms with van der Waals surface area (Å²) in [5.74, 6) is 0. The van der Waals surface area contributed by atoms with Crippen LogP contribution >= 0.6 is 23.2 Å². The Labute approximate surface area is 117 Å². The van der Waals surface area contributed by atoms with Crippen molar-refractivity contribution in [3.05, 3.63) is 52.5 Å². The Kier molecular flexibility index (Phi) is 4.64. The van der Waals surface area contributed by atoms with Crippen molar-refractivity contribution < 1.29 is 0 Å². The van der Waals surface area contributed by atoms with Gasteiger partial charge in [-0.1, -0.05) is 29.3 Å². The SMILES string of the molecule is CC(Cn1ccnc1)NCc1ccc(Cl)cc1Cl. The van der Waals surface area contributed by atoms with Gasteiger partial charge in [0.05, 0.1) is 6.33 Å². The molecule has 0 radical (unpaired) electrons. The molecule has 0 aliphatic rings. The number of nitrogens with one attached hydrogen (secondary N) is 1. The van der Waals surface area contributed by atoms with Gasteiger partial charge in [0.15, 0.2) is 0 Å². The van der Waals surface area contributed by atoms with Gasteiger partial charge in [0.1, 0.15) is 0 Å². The van der Waals surface area contributed by atoms with E-state index in [1.165, 1.54) is 0 Å². The van der Waals surface area contributed by atoms with E-state index in [1.807, 2.05) is 29.2 Å². The first kappa shape index (κ1) is 13.4. The van der Waals surface area contributed by atoms with Crippen molar-refractivity contribution in [3.8, 4) is 0 Å². The second-order valence-electron chi connectivity index (χ2n) is 4.28. The van der Waals surface area contributed by atoms with Crippen molar-refractivity contribution in [3.63, 3.8) is 0 Å². The van der Waals surface area contributed by atoms with Crippen LogP contribution in [0.3, 0.4) is 0 Å². The molecular formula is C13H15Cl2N3. The number of benzene rings is 1. The van der Waals surface area contributed by atoms with Crippen molar-refractivity contribution >= 4 is 23.2 Å². The van der Waals surface area contributed by atoms with Crippen LogP contribution in [0.2, 0.25) is 10.0 Å². The summed E-state index contributed by atoms with van der Waals surface area (Å²) in [5.41, 5.74) is 1.05. The fraction of sp³-hybridized carbons (Fsp3) is 0.308. The third-order valence-corrected chi connectivity index (χ3v) is 3.29. The van der Waals surface area contributed by atoms with Crippen LogP contribution in [0.4, 0.5) is 0 Å². The van der Waals surface area contributed by atoms with E-state index in [-0.39, 0.29) is 0 Å². The molecule has 0 aliphatic heterocycles. The van der Waals surface area contributed by atoms with E-state index in [9.17, 15) is 0 Å². The van der Waals surface area contributed by atoms with Crippen LogP contribution in [0, 0.1) is 0 Å². The lowest BCUT2D eigenvalue weighted by atomic mass is 10.2. The molecular weight excluding hydrogens is 269 g/mol. The summed E-state index contributed by atoms with van der Waals surface area (Å²) in [4.78, 5) is 4.02. The monoisotopic (exact) mass is 283 g/mol. The lowest BCUT2D eigenvalue weighted by molar-refractivity contribution is 0.476. The first-order chi connectivity index (χ1) is 8.65. The third kappa shape index (κ3) is 3.73. The number of rotatable bonds is 5. The molecule has 2 aromatic rings. The van der Waals surface area contributed by atoms with Gasteiger partial charge >= 0.3 is 0 Å². The fourth-order valence-electron chi connectivity index (χ4n) is 1.72. The predicted octanol–water partition coefficient (Wildman–Crippen LogP) is 3.37. The quantitative estimate of drug-likeness (QED) is 0.912. The molecule has 1 aromatic carbocycles. The van der Waals surface area contributed by atoms with Crippen LogP contribution in [-0.2, 0) is 13.1 Å². The summed E-state index contributed by atoms with van der Waals surface area (Å²) < 4.78 is 2.04. The fourth-order valence-corrected chi connectivity index (χ4v) is 2.20. The maximum atomic E-state index is 6.12. The topological polar surface area (TPSA) is 29.9 Å². The molecule has 0 saturated carbocycles. The van der Waals surface area contributed by atoms with Crippen LogP contribution in [-0.4, -0.2) is 15.6 Å². The van der Waals surface area contributed by atoms with E-state index in [0.717, 1.165) is 18.7 Å². The Balaban J connectivity index is 1.87. The molecule has 0 fully saturated rings. The average molecular weight is 284 g/mol. The normalized spacial score (nSPS) is 12.6. The molecule has 0 spiro atoms. The van der Waals surface area contributed by atoms with E-state index in [4.69, 9.17) is 23.2 Å². The standard InChI is InChI=1S/C13H15Cl2N3/c1-10(8-18-5-4-16-9-18)17-7-11-2-3-12(14)6-13(11)15/h2-6,9-10,17H,7-8H2,1H3. The number of aromatic nitrogens is 2. The minimum Gasteiger partial charge on any atom is -0.336 e. The number of hydrogen-bond acceptors (Lipinski definition) is 2. The van der Waals surface area contributed by atoms with Gasteiger partial charge in [-0.05, 0) is 24.6 Å². The Hall–Kier alpha value is -1.03. The van der Waals surface area contributed by atoms with Gasteiger partial charge in [0.2, 0.25) is 0 Å². The highest BCUT2D eigenvalue weighted by Crippen LogP contribution is 2.20. The Morgan fingerprint density at radius 1 is 1.39 bits per heavy atom. The summed E-state index contributed by atoms with van der Waals surface area (Å²) in [5, 5.41) is 4.78. The minimum absolute atomic E-state index is 0.339. The average Bonchev–Trinajstić information content (AvgIpc) is 2.80. The Bertz CT molecular complexity index is 497. The molecule has 2 rings (SSSR count). The lowest BCUT2D eigenvalue weighted by Crippen LogP contribution is -2.29. The first-order valence-corrected chi connectivity index (χ1v) is 6.54. The van der Waals surface area contributed by atoms with Gasteiger partial charge in [-0.3, -0.25) is 0 Å². The van der Waals surface area contributed by atoms with Gasteiger partial charge in [0, 0.05) is 41.6 Å². The molecule has 1 N–H and O–H groups in total. The minimum atomic E-state index is 0.339. The summed E-state index contributed by atoms with van der Waals surface area (Å²) in [6.07, 6.45) is 5.55. The van der Waals surface area contributed by atoms with E-state index < -0.39 is 0 Å². The summed E-state index contributed by atoms with van der Waals surface area (Å²) in [6.45, 7) is 3.74. The molecule has 1 heterocycles. The molecule has 18 heavy (non-hydrogen) atoms.